The molecule has 0 radical (unpaired) electrons. The van der Waals surface area contributed by atoms with Gasteiger partial charge in [0.25, 0.3) is 5.91 Å². The Morgan fingerprint density at radius 1 is 1.25 bits per heavy atom. The zero-order valence-electron chi connectivity index (χ0n) is 10.4. The van der Waals surface area contributed by atoms with Gasteiger partial charge in [-0.1, -0.05) is 0 Å². The van der Waals surface area contributed by atoms with E-state index in [0.717, 1.165) is 18.8 Å². The van der Waals surface area contributed by atoms with Crippen molar-refractivity contribution in [1.29, 1.82) is 0 Å². The topological polar surface area (TPSA) is 36.4 Å². The summed E-state index contributed by atoms with van der Waals surface area (Å²) in [6.45, 7) is 3.49. The van der Waals surface area contributed by atoms with E-state index in [9.17, 15) is 4.79 Å². The van der Waals surface area contributed by atoms with Crippen LogP contribution in [-0.2, 0) is 0 Å². The fraction of sp³-hybridized carbons (Fsp3) is 0.500. The van der Waals surface area contributed by atoms with E-state index in [1.807, 2.05) is 40.2 Å². The number of amides is 1. The van der Waals surface area contributed by atoms with Crippen molar-refractivity contribution in [3.63, 3.8) is 0 Å². The molecule has 0 saturated carbocycles. The van der Waals surface area contributed by atoms with Gasteiger partial charge in [0.15, 0.2) is 0 Å². The molecule has 88 valence electrons. The van der Waals surface area contributed by atoms with E-state index >= 15 is 0 Å². The third-order valence-corrected chi connectivity index (χ3v) is 2.39. The number of likely N-dealkylation sites (N-methyl/N-ethyl adjacent to an activating group) is 2. The SMILES string of the molecule is Cc1ccc(C(=O)N(C)CCN(C)C)cn1. The summed E-state index contributed by atoms with van der Waals surface area (Å²) in [4.78, 5) is 19.8. The molecule has 1 aromatic rings. The monoisotopic (exact) mass is 221 g/mol. The minimum Gasteiger partial charge on any atom is -0.340 e. The van der Waals surface area contributed by atoms with Crippen LogP contribution in [0, 0.1) is 6.92 Å². The van der Waals surface area contributed by atoms with Crippen LogP contribution in [0.5, 0.6) is 0 Å². The van der Waals surface area contributed by atoms with Gasteiger partial charge in [0, 0.05) is 32.0 Å². The van der Waals surface area contributed by atoms with Gasteiger partial charge in [-0.2, -0.15) is 0 Å². The molecule has 0 fully saturated rings. The third-order valence-electron chi connectivity index (χ3n) is 2.39. The Labute approximate surface area is 96.9 Å². The van der Waals surface area contributed by atoms with Gasteiger partial charge < -0.3 is 9.80 Å². The van der Waals surface area contributed by atoms with Crippen LogP contribution in [0.4, 0.5) is 0 Å². The number of carbonyl (C=O) groups is 1. The number of aryl methyl sites for hydroxylation is 1. The number of aromatic nitrogens is 1. The van der Waals surface area contributed by atoms with Crippen molar-refractivity contribution >= 4 is 5.91 Å². The van der Waals surface area contributed by atoms with Gasteiger partial charge >= 0.3 is 0 Å². The maximum Gasteiger partial charge on any atom is 0.255 e. The second-order valence-corrected chi connectivity index (χ2v) is 4.22. The number of nitrogens with zero attached hydrogens (tertiary/aromatic N) is 3. The van der Waals surface area contributed by atoms with E-state index in [1.165, 1.54) is 0 Å². The maximum atomic E-state index is 11.9. The first-order chi connectivity index (χ1) is 7.50. The average molecular weight is 221 g/mol. The highest BCUT2D eigenvalue weighted by Gasteiger charge is 2.11. The van der Waals surface area contributed by atoms with E-state index in [0.29, 0.717) is 5.56 Å². The largest absolute Gasteiger partial charge is 0.340 e. The number of rotatable bonds is 4. The lowest BCUT2D eigenvalue weighted by molar-refractivity contribution is 0.0786. The summed E-state index contributed by atoms with van der Waals surface area (Å²) in [7, 11) is 5.79. The summed E-state index contributed by atoms with van der Waals surface area (Å²) in [6, 6.07) is 3.67. The van der Waals surface area contributed by atoms with Crippen LogP contribution < -0.4 is 0 Å². The van der Waals surface area contributed by atoms with Crippen LogP contribution in [0.1, 0.15) is 16.1 Å². The summed E-state index contributed by atoms with van der Waals surface area (Å²) in [5.74, 6) is 0.0225. The fourth-order valence-corrected chi connectivity index (χ4v) is 1.27. The Hall–Kier alpha value is -1.42. The summed E-state index contributed by atoms with van der Waals surface area (Å²) in [5.41, 5.74) is 1.57. The van der Waals surface area contributed by atoms with E-state index in [4.69, 9.17) is 0 Å². The highest BCUT2D eigenvalue weighted by Crippen LogP contribution is 2.03. The molecule has 0 saturated heterocycles. The molecule has 16 heavy (non-hydrogen) atoms. The molecule has 0 spiro atoms. The molecule has 0 aliphatic rings. The minimum atomic E-state index is 0.0225. The Kier molecular flexibility index (Phi) is 4.43. The second-order valence-electron chi connectivity index (χ2n) is 4.22. The van der Waals surface area contributed by atoms with Crippen molar-refractivity contribution in [3.05, 3.63) is 29.6 Å². The van der Waals surface area contributed by atoms with Gasteiger partial charge in [0.05, 0.1) is 5.56 Å². The molecule has 1 aromatic heterocycles. The zero-order chi connectivity index (χ0) is 12.1. The molecule has 0 unspecified atom stereocenters. The minimum absolute atomic E-state index is 0.0225. The molecule has 1 heterocycles. The molecule has 0 N–H and O–H groups in total. The summed E-state index contributed by atoms with van der Waals surface area (Å²) >= 11 is 0. The van der Waals surface area contributed by atoms with Crippen molar-refractivity contribution < 1.29 is 4.79 Å². The Bertz CT molecular complexity index is 346. The molecule has 0 aromatic carbocycles. The quantitative estimate of drug-likeness (QED) is 0.761. The molecule has 1 amide bonds. The Balaban J connectivity index is 2.60. The molecule has 4 heteroatoms. The van der Waals surface area contributed by atoms with Gasteiger partial charge in [-0.05, 0) is 33.2 Å². The smallest absolute Gasteiger partial charge is 0.255 e. The van der Waals surface area contributed by atoms with Gasteiger partial charge in [0.1, 0.15) is 0 Å². The highest BCUT2D eigenvalue weighted by molar-refractivity contribution is 5.93. The van der Waals surface area contributed by atoms with Gasteiger partial charge in [0.2, 0.25) is 0 Å². The number of pyridine rings is 1. The lowest BCUT2D eigenvalue weighted by Crippen LogP contribution is -2.33. The predicted molar refractivity (Wildman–Crippen MR) is 64.5 cm³/mol. The van der Waals surface area contributed by atoms with Crippen LogP contribution in [0.25, 0.3) is 0 Å². The average Bonchev–Trinajstić information content (AvgIpc) is 2.26. The highest BCUT2D eigenvalue weighted by atomic mass is 16.2. The van der Waals surface area contributed by atoms with Crippen LogP contribution in [-0.4, -0.2) is 54.9 Å². The van der Waals surface area contributed by atoms with Crippen molar-refractivity contribution in [2.45, 2.75) is 6.92 Å². The second kappa shape index (κ2) is 5.61. The standard InChI is InChI=1S/C12H19N3O/c1-10-5-6-11(9-13-10)12(16)15(4)8-7-14(2)3/h5-6,9H,7-8H2,1-4H3. The predicted octanol–water partition coefficient (Wildman–Crippen LogP) is 1.02. The maximum absolute atomic E-state index is 11.9. The van der Waals surface area contributed by atoms with Gasteiger partial charge in [-0.25, -0.2) is 0 Å². The Morgan fingerprint density at radius 3 is 2.44 bits per heavy atom. The molecular formula is C12H19N3O. The first kappa shape index (κ1) is 12.6. The summed E-state index contributed by atoms with van der Waals surface area (Å²) in [6.07, 6.45) is 1.63. The number of carbonyl (C=O) groups excluding carboxylic acids is 1. The number of hydrogen-bond donors (Lipinski definition) is 0. The lowest BCUT2D eigenvalue weighted by atomic mass is 10.2. The zero-order valence-corrected chi connectivity index (χ0v) is 10.4. The fourth-order valence-electron chi connectivity index (χ4n) is 1.27. The van der Waals surface area contributed by atoms with Crippen molar-refractivity contribution in [2.75, 3.05) is 34.2 Å². The van der Waals surface area contributed by atoms with Crippen LogP contribution >= 0.6 is 0 Å². The van der Waals surface area contributed by atoms with Crippen LogP contribution in [0.15, 0.2) is 18.3 Å². The van der Waals surface area contributed by atoms with Crippen molar-refractivity contribution in [2.24, 2.45) is 0 Å². The molecule has 1 rings (SSSR count). The van der Waals surface area contributed by atoms with E-state index in [2.05, 4.69) is 9.88 Å². The first-order valence-corrected chi connectivity index (χ1v) is 5.33. The van der Waals surface area contributed by atoms with E-state index < -0.39 is 0 Å². The lowest BCUT2D eigenvalue weighted by Gasteiger charge is -2.19. The molecular weight excluding hydrogens is 202 g/mol. The summed E-state index contributed by atoms with van der Waals surface area (Å²) in [5, 5.41) is 0. The third kappa shape index (κ3) is 3.62. The van der Waals surface area contributed by atoms with E-state index in [1.54, 1.807) is 11.1 Å². The molecule has 0 atom stereocenters. The van der Waals surface area contributed by atoms with Gasteiger partial charge in [-0.15, -0.1) is 0 Å². The first-order valence-electron chi connectivity index (χ1n) is 5.33. The van der Waals surface area contributed by atoms with Crippen molar-refractivity contribution in [3.8, 4) is 0 Å². The molecule has 0 aliphatic carbocycles. The van der Waals surface area contributed by atoms with Crippen LogP contribution in [0.2, 0.25) is 0 Å². The molecule has 4 nitrogen and oxygen atoms in total. The summed E-state index contributed by atoms with van der Waals surface area (Å²) < 4.78 is 0. The molecule has 0 bridgehead atoms. The van der Waals surface area contributed by atoms with Crippen molar-refractivity contribution in [1.82, 2.24) is 14.8 Å². The Morgan fingerprint density at radius 2 is 1.94 bits per heavy atom. The van der Waals surface area contributed by atoms with Gasteiger partial charge in [-0.3, -0.25) is 9.78 Å². The molecule has 0 aliphatic heterocycles. The van der Waals surface area contributed by atoms with Crippen LogP contribution in [0.3, 0.4) is 0 Å². The van der Waals surface area contributed by atoms with E-state index in [-0.39, 0.29) is 5.91 Å². The number of hydrogen-bond acceptors (Lipinski definition) is 3. The normalized spacial score (nSPS) is 10.6.